The number of para-hydroxylation sites is 2. The number of rotatable bonds is 2. The summed E-state index contributed by atoms with van der Waals surface area (Å²) in [4.78, 5) is 0. The molecule has 1 aliphatic heterocycles. The molecule has 3 heteroatoms. The first-order valence-electron chi connectivity index (χ1n) is 11.7. The second kappa shape index (κ2) is 6.87. The molecule has 0 aliphatic carbocycles. The predicted molar refractivity (Wildman–Crippen MR) is 140 cm³/mol. The van der Waals surface area contributed by atoms with Gasteiger partial charge in [-0.25, -0.2) is 0 Å². The fraction of sp³-hybridized carbons (Fsp3) is 0. The summed E-state index contributed by atoms with van der Waals surface area (Å²) >= 11 is 0. The monoisotopic (exact) mass is 450 g/mol. The third-order valence-corrected chi connectivity index (χ3v) is 6.94. The number of ether oxygens (including phenoxy) is 1. The van der Waals surface area contributed by atoms with Gasteiger partial charge in [0.1, 0.15) is 34.2 Å². The van der Waals surface area contributed by atoms with E-state index in [2.05, 4.69) is 54.6 Å². The molecule has 0 amide bonds. The molecule has 3 nitrogen and oxygen atoms in total. The maximum Gasteiger partial charge on any atom is 0.136 e. The van der Waals surface area contributed by atoms with Crippen molar-refractivity contribution < 1.29 is 13.6 Å². The van der Waals surface area contributed by atoms with Gasteiger partial charge in [0.15, 0.2) is 0 Å². The first-order valence-corrected chi connectivity index (χ1v) is 11.7. The van der Waals surface area contributed by atoms with E-state index in [4.69, 9.17) is 13.6 Å². The highest BCUT2D eigenvalue weighted by molar-refractivity contribution is 6.12. The van der Waals surface area contributed by atoms with Gasteiger partial charge in [-0.1, -0.05) is 66.7 Å². The van der Waals surface area contributed by atoms with Gasteiger partial charge < -0.3 is 13.6 Å². The van der Waals surface area contributed by atoms with Crippen molar-refractivity contribution in [1.29, 1.82) is 0 Å². The molecule has 0 N–H and O–H groups in total. The Hall–Kier alpha value is -4.76. The first kappa shape index (κ1) is 18.6. The van der Waals surface area contributed by atoms with Crippen LogP contribution in [-0.4, -0.2) is 0 Å². The molecule has 3 heterocycles. The van der Waals surface area contributed by atoms with E-state index >= 15 is 0 Å². The molecule has 0 saturated heterocycles. The summed E-state index contributed by atoms with van der Waals surface area (Å²) in [6.07, 6.45) is 0. The molecule has 2 aromatic heterocycles. The van der Waals surface area contributed by atoms with E-state index in [0.717, 1.165) is 72.4 Å². The lowest BCUT2D eigenvalue weighted by Gasteiger charge is -2.22. The van der Waals surface area contributed by atoms with Crippen LogP contribution in [0.2, 0.25) is 0 Å². The van der Waals surface area contributed by atoms with Gasteiger partial charge in [-0.05, 0) is 53.4 Å². The summed E-state index contributed by atoms with van der Waals surface area (Å²) < 4.78 is 18.8. The normalized spacial score (nSPS) is 12.2. The molecule has 5 aromatic carbocycles. The third-order valence-electron chi connectivity index (χ3n) is 6.94. The molecule has 7 aromatic rings. The van der Waals surface area contributed by atoms with Crippen LogP contribution in [0.4, 0.5) is 0 Å². The van der Waals surface area contributed by atoms with Gasteiger partial charge in [0.25, 0.3) is 0 Å². The van der Waals surface area contributed by atoms with E-state index in [1.165, 1.54) is 5.56 Å². The van der Waals surface area contributed by atoms with Gasteiger partial charge in [0.05, 0.1) is 0 Å². The molecule has 0 saturated carbocycles. The lowest BCUT2D eigenvalue weighted by molar-refractivity contribution is 0.487. The SMILES string of the molecule is c1ccc2c(c1)Oc1ccc(-c3ccc(-c4cccc5oc6ccccc6c45)o3)c3cccc-2c13. The average Bonchev–Trinajstić information content (AvgIpc) is 3.54. The Labute approximate surface area is 200 Å². The molecule has 35 heavy (non-hydrogen) atoms. The van der Waals surface area contributed by atoms with Gasteiger partial charge in [-0.15, -0.1) is 0 Å². The van der Waals surface area contributed by atoms with Crippen LogP contribution in [-0.2, 0) is 0 Å². The summed E-state index contributed by atoms with van der Waals surface area (Å²) in [5.74, 6) is 3.41. The summed E-state index contributed by atoms with van der Waals surface area (Å²) in [6.45, 7) is 0. The summed E-state index contributed by atoms with van der Waals surface area (Å²) in [6, 6.07) is 37.1. The molecule has 164 valence electrons. The Morgan fingerprint density at radius 1 is 0.371 bits per heavy atom. The minimum atomic E-state index is 0.819. The summed E-state index contributed by atoms with van der Waals surface area (Å²) in [7, 11) is 0. The van der Waals surface area contributed by atoms with Gasteiger partial charge in [-0.3, -0.25) is 0 Å². The predicted octanol–water partition coefficient (Wildman–Crippen LogP) is 9.44. The molecule has 0 unspecified atom stereocenters. The fourth-order valence-corrected chi connectivity index (χ4v) is 5.40. The van der Waals surface area contributed by atoms with E-state index in [9.17, 15) is 0 Å². The zero-order chi connectivity index (χ0) is 22.9. The van der Waals surface area contributed by atoms with E-state index < -0.39 is 0 Å². The van der Waals surface area contributed by atoms with Gasteiger partial charge in [0, 0.05) is 32.8 Å². The van der Waals surface area contributed by atoms with Crippen molar-refractivity contribution in [3.8, 4) is 45.3 Å². The van der Waals surface area contributed by atoms with Gasteiger partial charge in [-0.2, -0.15) is 0 Å². The highest BCUT2D eigenvalue weighted by Crippen LogP contribution is 2.49. The lowest BCUT2D eigenvalue weighted by Crippen LogP contribution is -1.97. The number of hydrogen-bond acceptors (Lipinski definition) is 3. The molecule has 0 radical (unpaired) electrons. The Morgan fingerprint density at radius 2 is 1.09 bits per heavy atom. The topological polar surface area (TPSA) is 35.5 Å². The molecule has 8 rings (SSSR count). The molecular formula is C32H18O3. The van der Waals surface area contributed by atoms with Gasteiger partial charge >= 0.3 is 0 Å². The zero-order valence-corrected chi connectivity index (χ0v) is 18.6. The standard InChI is InChI=1S/C32H18O3/c1-3-12-25-19(7-1)21-9-5-10-22-20(15-16-30(34-25)31(21)22)27-17-18-28(33-27)24-11-6-14-29-32(24)23-8-2-4-13-26(23)35-29/h1-18H. The highest BCUT2D eigenvalue weighted by Gasteiger charge is 2.22. The van der Waals surface area contributed by atoms with Crippen molar-refractivity contribution in [3.63, 3.8) is 0 Å². The van der Waals surface area contributed by atoms with Crippen molar-refractivity contribution in [2.45, 2.75) is 0 Å². The van der Waals surface area contributed by atoms with E-state index in [0.29, 0.717) is 0 Å². The van der Waals surface area contributed by atoms with Crippen LogP contribution >= 0.6 is 0 Å². The second-order valence-electron chi connectivity index (χ2n) is 8.88. The van der Waals surface area contributed by atoms with Crippen LogP contribution in [0.3, 0.4) is 0 Å². The molecular weight excluding hydrogens is 432 g/mol. The fourth-order valence-electron chi connectivity index (χ4n) is 5.40. The third kappa shape index (κ3) is 2.61. The largest absolute Gasteiger partial charge is 0.456 e. The number of furan rings is 2. The Balaban J connectivity index is 1.33. The van der Waals surface area contributed by atoms with Crippen molar-refractivity contribution in [2.24, 2.45) is 0 Å². The highest BCUT2D eigenvalue weighted by atomic mass is 16.5. The molecule has 0 spiro atoms. The summed E-state index contributed by atoms with van der Waals surface area (Å²) in [5, 5.41) is 4.39. The van der Waals surface area contributed by atoms with E-state index in [1.807, 2.05) is 54.6 Å². The Bertz CT molecular complexity index is 1940. The van der Waals surface area contributed by atoms with Gasteiger partial charge in [0.2, 0.25) is 0 Å². The minimum Gasteiger partial charge on any atom is -0.456 e. The van der Waals surface area contributed by atoms with Crippen molar-refractivity contribution in [2.75, 3.05) is 0 Å². The quantitative estimate of drug-likeness (QED) is 0.263. The Kier molecular flexibility index (Phi) is 3.66. The lowest BCUT2D eigenvalue weighted by atomic mass is 9.92. The average molecular weight is 450 g/mol. The van der Waals surface area contributed by atoms with Crippen LogP contribution in [0.25, 0.3) is 66.5 Å². The molecule has 0 fully saturated rings. The summed E-state index contributed by atoms with van der Waals surface area (Å²) in [5.41, 5.74) is 6.11. The Morgan fingerprint density at radius 3 is 2.06 bits per heavy atom. The van der Waals surface area contributed by atoms with Crippen LogP contribution in [0, 0.1) is 0 Å². The molecule has 0 bridgehead atoms. The van der Waals surface area contributed by atoms with Crippen molar-refractivity contribution in [1.82, 2.24) is 0 Å². The number of hydrogen-bond donors (Lipinski definition) is 0. The maximum atomic E-state index is 6.51. The van der Waals surface area contributed by atoms with Crippen molar-refractivity contribution in [3.05, 3.63) is 109 Å². The smallest absolute Gasteiger partial charge is 0.136 e. The van der Waals surface area contributed by atoms with Crippen LogP contribution < -0.4 is 4.74 Å². The van der Waals surface area contributed by atoms with Crippen LogP contribution in [0.5, 0.6) is 11.5 Å². The number of fused-ring (bicyclic) bond motifs is 5. The first-order chi connectivity index (χ1) is 17.3. The second-order valence-corrected chi connectivity index (χ2v) is 8.88. The zero-order valence-electron chi connectivity index (χ0n) is 18.6. The van der Waals surface area contributed by atoms with E-state index in [1.54, 1.807) is 0 Å². The maximum absolute atomic E-state index is 6.51. The molecule has 0 atom stereocenters. The van der Waals surface area contributed by atoms with Crippen LogP contribution in [0.15, 0.2) is 118 Å². The minimum absolute atomic E-state index is 0.819. The molecule has 1 aliphatic rings. The van der Waals surface area contributed by atoms with E-state index in [-0.39, 0.29) is 0 Å². The van der Waals surface area contributed by atoms with Crippen LogP contribution in [0.1, 0.15) is 0 Å². The van der Waals surface area contributed by atoms with Crippen molar-refractivity contribution >= 4 is 32.7 Å². The number of benzene rings is 5.